The van der Waals surface area contributed by atoms with Crippen LogP contribution in [-0.4, -0.2) is 49.6 Å². The predicted molar refractivity (Wildman–Crippen MR) is 115 cm³/mol. The number of fused-ring (bicyclic) bond motifs is 5. The van der Waals surface area contributed by atoms with Crippen molar-refractivity contribution < 1.29 is 23.0 Å². The monoisotopic (exact) mass is 432 g/mol. The third kappa shape index (κ3) is 4.80. The van der Waals surface area contributed by atoms with Crippen molar-refractivity contribution in [3.05, 3.63) is 53.8 Å². The minimum Gasteiger partial charge on any atom is -0.512 e. The van der Waals surface area contributed by atoms with Crippen LogP contribution >= 0.6 is 0 Å². The molecule has 3 aliphatic heterocycles. The molecule has 0 aromatic heterocycles. The van der Waals surface area contributed by atoms with Crippen LogP contribution in [0.3, 0.4) is 0 Å². The minimum absolute atomic E-state index is 0.0960. The van der Waals surface area contributed by atoms with Gasteiger partial charge in [0, 0.05) is 6.54 Å². The van der Waals surface area contributed by atoms with Crippen LogP contribution in [0.2, 0.25) is 0 Å². The van der Waals surface area contributed by atoms with Gasteiger partial charge in [-0.3, -0.25) is 0 Å². The number of para-hydroxylation sites is 1. The molecule has 4 aliphatic rings. The molecule has 1 saturated heterocycles. The van der Waals surface area contributed by atoms with Crippen molar-refractivity contribution in [2.24, 2.45) is 4.40 Å². The van der Waals surface area contributed by atoms with Crippen molar-refractivity contribution in [1.29, 1.82) is 0 Å². The number of piperidine rings is 1. The maximum absolute atomic E-state index is 11.8. The van der Waals surface area contributed by atoms with Gasteiger partial charge in [-0.2, -0.15) is 4.40 Å². The van der Waals surface area contributed by atoms with E-state index in [0.717, 1.165) is 55.9 Å². The molecule has 162 valence electrons. The summed E-state index contributed by atoms with van der Waals surface area (Å²) in [5.74, 6) is 1.54. The van der Waals surface area contributed by atoms with Crippen LogP contribution < -0.4 is 4.74 Å². The van der Waals surface area contributed by atoms with E-state index < -0.39 is 10.0 Å². The maximum atomic E-state index is 11.8. The summed E-state index contributed by atoms with van der Waals surface area (Å²) in [6.45, 7) is 0.978. The van der Waals surface area contributed by atoms with Crippen LogP contribution in [0.5, 0.6) is 5.75 Å². The SMILES string of the molecule is CS(=O)(=O)/N=C1CCCN2C/C(=C/O)Oc3ccccc3C3CCC(CC3)O\C=C\12. The molecule has 7 nitrogen and oxygen atoms in total. The minimum atomic E-state index is -3.53. The lowest BCUT2D eigenvalue weighted by Crippen LogP contribution is -2.36. The number of benzene rings is 1. The van der Waals surface area contributed by atoms with E-state index in [4.69, 9.17) is 9.47 Å². The van der Waals surface area contributed by atoms with Crippen molar-refractivity contribution in [2.75, 3.05) is 19.3 Å². The molecule has 0 atom stereocenters. The van der Waals surface area contributed by atoms with E-state index in [-0.39, 0.29) is 12.6 Å². The number of aliphatic hydroxyl groups is 1. The van der Waals surface area contributed by atoms with Gasteiger partial charge in [-0.15, -0.1) is 0 Å². The first-order valence-corrected chi connectivity index (χ1v) is 12.3. The zero-order valence-corrected chi connectivity index (χ0v) is 18.0. The molecule has 0 unspecified atom stereocenters. The molecule has 1 N–H and O–H groups in total. The van der Waals surface area contributed by atoms with Gasteiger partial charge in [-0.1, -0.05) is 18.2 Å². The molecule has 5 rings (SSSR count). The van der Waals surface area contributed by atoms with Crippen molar-refractivity contribution in [1.82, 2.24) is 4.90 Å². The van der Waals surface area contributed by atoms with Gasteiger partial charge in [-0.25, -0.2) is 8.42 Å². The molecule has 1 saturated carbocycles. The summed E-state index contributed by atoms with van der Waals surface area (Å²) in [4.78, 5) is 1.96. The first-order chi connectivity index (χ1) is 14.4. The summed E-state index contributed by atoms with van der Waals surface area (Å²) >= 11 is 0. The van der Waals surface area contributed by atoms with Crippen molar-refractivity contribution in [2.45, 2.75) is 50.5 Å². The molecule has 1 aliphatic carbocycles. The summed E-state index contributed by atoms with van der Waals surface area (Å²) in [5, 5.41) is 9.86. The van der Waals surface area contributed by atoms with E-state index in [0.29, 0.717) is 36.1 Å². The van der Waals surface area contributed by atoms with Crippen molar-refractivity contribution >= 4 is 15.7 Å². The predicted octanol–water partition coefficient (Wildman–Crippen LogP) is 3.86. The molecule has 2 fully saturated rings. The first-order valence-electron chi connectivity index (χ1n) is 10.4. The highest BCUT2D eigenvalue weighted by molar-refractivity contribution is 7.89. The third-order valence-corrected chi connectivity index (χ3v) is 6.44. The number of rotatable bonds is 1. The Hall–Kier alpha value is -2.48. The number of ether oxygens (including phenoxy) is 2. The summed E-state index contributed by atoms with van der Waals surface area (Å²) in [5.41, 5.74) is 2.29. The zero-order chi connectivity index (χ0) is 21.1. The molecule has 0 amide bonds. The lowest BCUT2D eigenvalue weighted by atomic mass is 9.82. The number of hydrogen-bond acceptors (Lipinski definition) is 6. The summed E-state index contributed by atoms with van der Waals surface area (Å²) < 4.78 is 39.9. The molecule has 3 heterocycles. The van der Waals surface area contributed by atoms with Crippen LogP contribution in [0.25, 0.3) is 0 Å². The molecule has 1 aromatic rings. The van der Waals surface area contributed by atoms with Crippen LogP contribution in [0.1, 0.15) is 50.0 Å². The van der Waals surface area contributed by atoms with E-state index in [1.807, 2.05) is 23.1 Å². The molecule has 1 aromatic carbocycles. The van der Waals surface area contributed by atoms with Crippen LogP contribution in [-0.2, 0) is 14.8 Å². The van der Waals surface area contributed by atoms with Gasteiger partial charge < -0.3 is 19.5 Å². The highest BCUT2D eigenvalue weighted by Crippen LogP contribution is 2.39. The van der Waals surface area contributed by atoms with Crippen LogP contribution in [0, 0.1) is 0 Å². The Bertz CT molecular complexity index is 975. The maximum Gasteiger partial charge on any atom is 0.250 e. The quantitative estimate of drug-likeness (QED) is 0.678. The number of sulfonamides is 1. The Balaban J connectivity index is 1.73. The molecule has 8 heteroatoms. The Morgan fingerprint density at radius 1 is 1.20 bits per heavy atom. The number of allylic oxidation sites excluding steroid dienone is 1. The molecule has 2 bridgehead atoms. The molecular formula is C22H28N2O5S. The summed E-state index contributed by atoms with van der Waals surface area (Å²) in [7, 11) is -3.53. The Labute approximate surface area is 177 Å². The van der Waals surface area contributed by atoms with Gasteiger partial charge in [0.2, 0.25) is 0 Å². The second kappa shape index (κ2) is 8.71. The van der Waals surface area contributed by atoms with Gasteiger partial charge >= 0.3 is 0 Å². The third-order valence-electron chi connectivity index (χ3n) is 5.89. The summed E-state index contributed by atoms with van der Waals surface area (Å²) in [6, 6.07) is 7.98. The zero-order valence-electron chi connectivity index (χ0n) is 17.2. The van der Waals surface area contributed by atoms with E-state index in [2.05, 4.69) is 10.5 Å². The first kappa shape index (κ1) is 20.8. The molecule has 0 spiro atoms. The smallest absolute Gasteiger partial charge is 0.250 e. The summed E-state index contributed by atoms with van der Waals surface area (Å²) in [6.07, 6.45) is 8.97. The average molecular weight is 433 g/mol. The topological polar surface area (TPSA) is 88.4 Å². The molecular weight excluding hydrogens is 404 g/mol. The number of nitrogens with zero attached hydrogens (tertiary/aromatic N) is 2. The van der Waals surface area contributed by atoms with E-state index >= 15 is 0 Å². The second-order valence-electron chi connectivity index (χ2n) is 8.14. The largest absolute Gasteiger partial charge is 0.512 e. The van der Waals surface area contributed by atoms with E-state index in [1.54, 1.807) is 6.26 Å². The van der Waals surface area contributed by atoms with Crippen molar-refractivity contribution in [3.63, 3.8) is 0 Å². The number of hydrogen-bond donors (Lipinski definition) is 1. The van der Waals surface area contributed by atoms with Gasteiger partial charge in [0.25, 0.3) is 10.0 Å². The fourth-order valence-electron chi connectivity index (χ4n) is 4.48. The van der Waals surface area contributed by atoms with Gasteiger partial charge in [-0.05, 0) is 56.1 Å². The van der Waals surface area contributed by atoms with Gasteiger partial charge in [0.05, 0.1) is 30.3 Å². The fraction of sp³-hybridized carbons (Fsp3) is 0.500. The highest BCUT2D eigenvalue weighted by Gasteiger charge is 2.29. The van der Waals surface area contributed by atoms with Crippen LogP contribution in [0.15, 0.2) is 52.6 Å². The second-order valence-corrected chi connectivity index (χ2v) is 9.79. The van der Waals surface area contributed by atoms with Gasteiger partial charge in [0.15, 0.2) is 5.76 Å². The van der Waals surface area contributed by atoms with Crippen LogP contribution in [0.4, 0.5) is 0 Å². The van der Waals surface area contributed by atoms with E-state index in [9.17, 15) is 13.5 Å². The lowest BCUT2D eigenvalue weighted by molar-refractivity contribution is 0.0953. The Kier molecular flexibility index (Phi) is 6.04. The average Bonchev–Trinajstić information content (AvgIpc) is 2.74. The molecule has 30 heavy (non-hydrogen) atoms. The Morgan fingerprint density at radius 3 is 2.70 bits per heavy atom. The standard InChI is InChI=1S/C22H28N2O5S/c1-30(26,27)23-20-6-4-12-24-13-18(14-25)29-22-7-3-2-5-19(22)16-8-10-17(11-9-16)28-15-21(20)24/h2-3,5,7,14-17,25H,4,6,8-13H2,1H3/b18-14-,21-15-,23-20+. The highest BCUT2D eigenvalue weighted by atomic mass is 32.2. The Morgan fingerprint density at radius 2 is 1.97 bits per heavy atom. The van der Waals surface area contributed by atoms with Gasteiger partial charge in [0.1, 0.15) is 18.3 Å². The van der Waals surface area contributed by atoms with Crippen molar-refractivity contribution in [3.8, 4) is 5.75 Å². The number of aliphatic hydroxyl groups excluding tert-OH is 1. The lowest BCUT2D eigenvalue weighted by Gasteiger charge is -2.33. The van der Waals surface area contributed by atoms with E-state index in [1.165, 1.54) is 0 Å². The fourth-order valence-corrected chi connectivity index (χ4v) is 5.06. The normalized spacial score (nSPS) is 29.4. The molecule has 0 radical (unpaired) electrons.